The molecule has 1 atom stereocenters. The molecule has 1 saturated heterocycles. The van der Waals surface area contributed by atoms with Crippen molar-refractivity contribution in [2.45, 2.75) is 19.4 Å². The molecule has 0 aromatic heterocycles. The number of aliphatic carboxylic acids is 1. The number of sulfone groups is 1. The van der Waals surface area contributed by atoms with E-state index in [1.54, 1.807) is 6.92 Å². The minimum Gasteiger partial charge on any atom is -0.480 e. The summed E-state index contributed by atoms with van der Waals surface area (Å²) in [6.07, 6.45) is 0.413. The van der Waals surface area contributed by atoms with Crippen molar-refractivity contribution in [3.8, 4) is 0 Å². The third-order valence-electron chi connectivity index (χ3n) is 2.64. The lowest BCUT2D eigenvalue weighted by Crippen LogP contribution is -2.47. The minimum absolute atomic E-state index is 0.0403. The number of nitrogens with one attached hydrogen (secondary N) is 1. The molecule has 2 N–H and O–H groups in total. The van der Waals surface area contributed by atoms with Crippen LogP contribution < -0.4 is 5.32 Å². The third kappa shape index (κ3) is 3.88. The highest BCUT2D eigenvalue weighted by atomic mass is 32.2. The van der Waals surface area contributed by atoms with Gasteiger partial charge >= 0.3 is 12.0 Å². The zero-order chi connectivity index (χ0) is 13.1. The van der Waals surface area contributed by atoms with Crippen molar-refractivity contribution in [3.05, 3.63) is 0 Å². The largest absolute Gasteiger partial charge is 0.480 e. The summed E-state index contributed by atoms with van der Waals surface area (Å²) in [6.45, 7) is 1.62. The lowest BCUT2D eigenvalue weighted by molar-refractivity contribution is -0.135. The van der Waals surface area contributed by atoms with Crippen molar-refractivity contribution >= 4 is 21.8 Å². The normalized spacial score (nSPS) is 22.1. The molecule has 1 unspecified atom stereocenters. The first-order valence-electron chi connectivity index (χ1n) is 5.32. The van der Waals surface area contributed by atoms with E-state index in [2.05, 4.69) is 5.32 Å². The van der Waals surface area contributed by atoms with E-state index in [1.165, 1.54) is 4.90 Å². The summed E-state index contributed by atoms with van der Waals surface area (Å²) in [5.74, 6) is -1.09. The van der Waals surface area contributed by atoms with Crippen molar-refractivity contribution in [1.29, 1.82) is 0 Å². The third-order valence-corrected chi connectivity index (χ3v) is 4.39. The molecular weight excluding hydrogens is 248 g/mol. The molecule has 1 aliphatic heterocycles. The van der Waals surface area contributed by atoms with E-state index in [1.807, 2.05) is 0 Å². The summed E-state index contributed by atoms with van der Waals surface area (Å²) in [5, 5.41) is 10.7. The monoisotopic (exact) mass is 264 g/mol. The Bertz CT molecular complexity index is 406. The van der Waals surface area contributed by atoms with Gasteiger partial charge in [-0.15, -0.1) is 0 Å². The van der Waals surface area contributed by atoms with Gasteiger partial charge in [0.15, 0.2) is 9.84 Å². The van der Waals surface area contributed by atoms with Gasteiger partial charge in [0, 0.05) is 12.6 Å². The maximum atomic E-state index is 11.6. The highest BCUT2D eigenvalue weighted by Crippen LogP contribution is 2.17. The van der Waals surface area contributed by atoms with Gasteiger partial charge in [-0.05, 0) is 13.3 Å². The zero-order valence-electron chi connectivity index (χ0n) is 9.55. The predicted molar refractivity (Wildman–Crippen MR) is 60.5 cm³/mol. The van der Waals surface area contributed by atoms with Gasteiger partial charge in [-0.1, -0.05) is 0 Å². The Morgan fingerprint density at radius 3 is 2.53 bits per heavy atom. The van der Waals surface area contributed by atoms with Crippen molar-refractivity contribution < 1.29 is 23.1 Å². The highest BCUT2D eigenvalue weighted by molar-refractivity contribution is 7.91. The molecule has 0 radical (unpaired) electrons. The van der Waals surface area contributed by atoms with Crippen LogP contribution in [0.1, 0.15) is 13.3 Å². The summed E-state index contributed by atoms with van der Waals surface area (Å²) >= 11 is 0. The van der Waals surface area contributed by atoms with Gasteiger partial charge in [-0.3, -0.25) is 4.79 Å². The Labute approximate surface area is 99.7 Å². The number of rotatable bonds is 4. The number of carboxylic acid groups (broad SMARTS) is 1. The maximum absolute atomic E-state index is 11.6. The fourth-order valence-electron chi connectivity index (χ4n) is 1.84. The number of urea groups is 1. The molecule has 1 fully saturated rings. The van der Waals surface area contributed by atoms with Gasteiger partial charge in [0.25, 0.3) is 0 Å². The SMILES string of the molecule is CCN(C(=O)NCC(=O)O)C1CCS(=O)(=O)C1. The second-order valence-electron chi connectivity index (χ2n) is 3.90. The van der Waals surface area contributed by atoms with Crippen LogP contribution in [0, 0.1) is 0 Å². The molecule has 98 valence electrons. The van der Waals surface area contributed by atoms with Crippen LogP contribution in [-0.2, 0) is 14.6 Å². The van der Waals surface area contributed by atoms with Gasteiger partial charge < -0.3 is 15.3 Å². The van der Waals surface area contributed by atoms with E-state index in [-0.39, 0.29) is 17.5 Å². The van der Waals surface area contributed by atoms with Gasteiger partial charge in [0.2, 0.25) is 0 Å². The van der Waals surface area contributed by atoms with Gasteiger partial charge in [0.1, 0.15) is 6.54 Å². The van der Waals surface area contributed by atoms with Crippen LogP contribution in [0.5, 0.6) is 0 Å². The standard InChI is InChI=1S/C9H16N2O5S/c1-2-11(9(14)10-5-8(12)13)7-3-4-17(15,16)6-7/h7H,2-6H2,1H3,(H,10,14)(H,12,13). The number of amides is 2. The van der Waals surface area contributed by atoms with Crippen LogP contribution in [0.3, 0.4) is 0 Å². The number of hydrogen-bond donors (Lipinski definition) is 2. The first kappa shape index (κ1) is 13.8. The quantitative estimate of drug-likeness (QED) is 0.698. The molecule has 1 heterocycles. The fraction of sp³-hybridized carbons (Fsp3) is 0.778. The lowest BCUT2D eigenvalue weighted by atomic mass is 10.2. The maximum Gasteiger partial charge on any atom is 0.323 e. The van der Waals surface area contributed by atoms with E-state index in [4.69, 9.17) is 5.11 Å². The molecule has 0 saturated carbocycles. The van der Waals surface area contributed by atoms with Crippen molar-refractivity contribution in [2.75, 3.05) is 24.6 Å². The Balaban J connectivity index is 2.59. The molecule has 17 heavy (non-hydrogen) atoms. The van der Waals surface area contributed by atoms with Crippen LogP contribution in [0.2, 0.25) is 0 Å². The van der Waals surface area contributed by atoms with E-state index in [0.29, 0.717) is 13.0 Å². The minimum atomic E-state index is -3.05. The Morgan fingerprint density at radius 1 is 1.47 bits per heavy atom. The summed E-state index contributed by atoms with van der Waals surface area (Å²) in [7, 11) is -3.05. The van der Waals surface area contributed by atoms with Crippen LogP contribution >= 0.6 is 0 Å². The van der Waals surface area contributed by atoms with Crippen molar-refractivity contribution in [2.24, 2.45) is 0 Å². The van der Waals surface area contributed by atoms with Gasteiger partial charge in [-0.2, -0.15) is 0 Å². The molecule has 1 aliphatic rings. The smallest absolute Gasteiger partial charge is 0.323 e. The summed E-state index contributed by atoms with van der Waals surface area (Å²) in [4.78, 5) is 23.3. The summed E-state index contributed by atoms with van der Waals surface area (Å²) < 4.78 is 22.6. The highest BCUT2D eigenvalue weighted by Gasteiger charge is 2.33. The van der Waals surface area contributed by atoms with E-state index >= 15 is 0 Å². The molecule has 0 aromatic rings. The van der Waals surface area contributed by atoms with E-state index in [0.717, 1.165) is 0 Å². The van der Waals surface area contributed by atoms with Gasteiger partial charge in [-0.25, -0.2) is 13.2 Å². The van der Waals surface area contributed by atoms with Crippen LogP contribution in [0.25, 0.3) is 0 Å². The molecule has 8 heteroatoms. The zero-order valence-corrected chi connectivity index (χ0v) is 10.4. The average Bonchev–Trinajstić information content (AvgIpc) is 2.57. The second kappa shape index (κ2) is 5.35. The van der Waals surface area contributed by atoms with Crippen LogP contribution in [0.15, 0.2) is 0 Å². The van der Waals surface area contributed by atoms with E-state index in [9.17, 15) is 18.0 Å². The summed E-state index contributed by atoms with van der Waals surface area (Å²) in [5.41, 5.74) is 0. The number of carbonyl (C=O) groups is 2. The van der Waals surface area contributed by atoms with Gasteiger partial charge in [0.05, 0.1) is 11.5 Å². The molecule has 2 amide bonds. The Morgan fingerprint density at radius 2 is 2.12 bits per heavy atom. The van der Waals surface area contributed by atoms with E-state index < -0.39 is 28.4 Å². The first-order chi connectivity index (χ1) is 7.85. The average molecular weight is 264 g/mol. The second-order valence-corrected chi connectivity index (χ2v) is 6.12. The number of carboxylic acids is 1. The molecule has 0 bridgehead atoms. The predicted octanol–water partition coefficient (Wildman–Crippen LogP) is -0.710. The Kier molecular flexibility index (Phi) is 4.33. The lowest BCUT2D eigenvalue weighted by Gasteiger charge is -2.26. The van der Waals surface area contributed by atoms with Crippen molar-refractivity contribution in [1.82, 2.24) is 10.2 Å². The van der Waals surface area contributed by atoms with Crippen LogP contribution in [-0.4, -0.2) is 61.1 Å². The first-order valence-corrected chi connectivity index (χ1v) is 7.14. The Hall–Kier alpha value is -1.31. The molecular formula is C9H16N2O5S. The molecule has 0 aromatic carbocycles. The summed E-state index contributed by atoms with van der Waals surface area (Å²) in [6, 6.07) is -0.879. The number of nitrogens with zero attached hydrogens (tertiary/aromatic N) is 1. The molecule has 1 rings (SSSR count). The number of carbonyl (C=O) groups excluding carboxylic acids is 1. The number of hydrogen-bond acceptors (Lipinski definition) is 4. The molecule has 7 nitrogen and oxygen atoms in total. The molecule has 0 aliphatic carbocycles. The fourth-order valence-corrected chi connectivity index (χ4v) is 3.57. The molecule has 0 spiro atoms. The van der Waals surface area contributed by atoms with Crippen LogP contribution in [0.4, 0.5) is 4.79 Å². The topological polar surface area (TPSA) is 104 Å². The van der Waals surface area contributed by atoms with Crippen molar-refractivity contribution in [3.63, 3.8) is 0 Å².